The second kappa shape index (κ2) is 8.32. The number of carbonyl (C=O) groups is 2. The standard InChI is InChI=1S/C13H15Br2NO3/c1-2-19-12(17)4-3-7-16-13(18)10-8-9(14)5-6-11(10)15/h5-6,8H,2-4,7H2,1H3,(H,16,18). The summed E-state index contributed by atoms with van der Waals surface area (Å²) in [5, 5.41) is 2.77. The number of nitrogens with one attached hydrogen (secondary N) is 1. The summed E-state index contributed by atoms with van der Waals surface area (Å²) in [4.78, 5) is 23.0. The second-order valence-corrected chi connectivity index (χ2v) is 5.56. The maximum Gasteiger partial charge on any atom is 0.305 e. The Morgan fingerprint density at radius 3 is 2.74 bits per heavy atom. The molecule has 19 heavy (non-hydrogen) atoms. The first-order valence-electron chi connectivity index (χ1n) is 5.93. The molecule has 1 N–H and O–H groups in total. The highest BCUT2D eigenvalue weighted by Crippen LogP contribution is 2.21. The highest BCUT2D eigenvalue weighted by Gasteiger charge is 2.10. The maximum atomic E-state index is 11.9. The molecular formula is C13H15Br2NO3. The monoisotopic (exact) mass is 391 g/mol. The molecular weight excluding hydrogens is 378 g/mol. The molecule has 0 aromatic heterocycles. The summed E-state index contributed by atoms with van der Waals surface area (Å²) in [5.74, 6) is -0.405. The number of esters is 1. The molecule has 0 radical (unpaired) electrons. The summed E-state index contributed by atoms with van der Waals surface area (Å²) in [5.41, 5.74) is 0.561. The maximum absolute atomic E-state index is 11.9. The molecule has 104 valence electrons. The summed E-state index contributed by atoms with van der Waals surface area (Å²) >= 11 is 6.65. The topological polar surface area (TPSA) is 55.4 Å². The van der Waals surface area contributed by atoms with Crippen molar-refractivity contribution in [3.05, 3.63) is 32.7 Å². The number of hydrogen-bond donors (Lipinski definition) is 1. The molecule has 0 atom stereocenters. The van der Waals surface area contributed by atoms with Gasteiger partial charge < -0.3 is 10.1 Å². The van der Waals surface area contributed by atoms with Gasteiger partial charge in [0.1, 0.15) is 0 Å². The smallest absolute Gasteiger partial charge is 0.305 e. The summed E-state index contributed by atoms with van der Waals surface area (Å²) in [6.45, 7) is 2.59. The van der Waals surface area contributed by atoms with E-state index in [0.29, 0.717) is 31.6 Å². The van der Waals surface area contributed by atoms with Crippen molar-refractivity contribution in [2.75, 3.05) is 13.2 Å². The van der Waals surface area contributed by atoms with Crippen molar-refractivity contribution in [3.63, 3.8) is 0 Å². The fourth-order valence-electron chi connectivity index (χ4n) is 1.43. The minimum atomic E-state index is -0.236. The first-order valence-corrected chi connectivity index (χ1v) is 7.52. The third-order valence-corrected chi connectivity index (χ3v) is 3.51. The molecule has 0 saturated heterocycles. The van der Waals surface area contributed by atoms with Gasteiger partial charge in [-0.05, 0) is 47.5 Å². The molecule has 0 aliphatic rings. The Kier molecular flexibility index (Phi) is 7.09. The normalized spacial score (nSPS) is 10.1. The Balaban J connectivity index is 2.39. The van der Waals surface area contributed by atoms with Crippen molar-refractivity contribution in [1.29, 1.82) is 0 Å². The van der Waals surface area contributed by atoms with E-state index in [1.807, 2.05) is 6.07 Å². The molecule has 6 heteroatoms. The largest absolute Gasteiger partial charge is 0.466 e. The molecule has 0 unspecified atom stereocenters. The molecule has 0 aliphatic heterocycles. The molecule has 1 aromatic rings. The molecule has 0 spiro atoms. The van der Waals surface area contributed by atoms with E-state index < -0.39 is 0 Å². The van der Waals surface area contributed by atoms with Gasteiger partial charge >= 0.3 is 5.97 Å². The van der Waals surface area contributed by atoms with Crippen LogP contribution in [0.15, 0.2) is 27.1 Å². The van der Waals surface area contributed by atoms with E-state index in [9.17, 15) is 9.59 Å². The fraction of sp³-hybridized carbons (Fsp3) is 0.385. The molecule has 0 aliphatic carbocycles. The van der Waals surface area contributed by atoms with Gasteiger partial charge in [0.25, 0.3) is 5.91 Å². The lowest BCUT2D eigenvalue weighted by Gasteiger charge is -2.07. The first-order chi connectivity index (χ1) is 9.04. The van der Waals surface area contributed by atoms with Crippen molar-refractivity contribution < 1.29 is 14.3 Å². The van der Waals surface area contributed by atoms with Crippen molar-refractivity contribution in [2.24, 2.45) is 0 Å². The Morgan fingerprint density at radius 2 is 2.05 bits per heavy atom. The molecule has 0 heterocycles. The van der Waals surface area contributed by atoms with E-state index in [4.69, 9.17) is 4.74 Å². The van der Waals surface area contributed by atoms with E-state index in [0.717, 1.165) is 8.95 Å². The van der Waals surface area contributed by atoms with E-state index in [1.165, 1.54) is 0 Å². The number of carbonyl (C=O) groups excluding carboxylic acids is 2. The number of rotatable bonds is 6. The lowest BCUT2D eigenvalue weighted by Crippen LogP contribution is -2.25. The van der Waals surface area contributed by atoms with Crippen molar-refractivity contribution in [3.8, 4) is 0 Å². The zero-order chi connectivity index (χ0) is 14.3. The molecule has 1 rings (SSSR count). The van der Waals surface area contributed by atoms with Crippen LogP contribution in [0.4, 0.5) is 0 Å². The van der Waals surface area contributed by atoms with E-state index >= 15 is 0 Å². The van der Waals surface area contributed by atoms with Crippen LogP contribution in [0.25, 0.3) is 0 Å². The molecule has 1 aromatic carbocycles. The zero-order valence-corrected chi connectivity index (χ0v) is 13.7. The Labute approximate surface area is 129 Å². The molecule has 0 bridgehead atoms. The van der Waals surface area contributed by atoms with Gasteiger partial charge in [-0.2, -0.15) is 0 Å². The third-order valence-electron chi connectivity index (χ3n) is 2.32. The minimum absolute atomic E-state index is 0.169. The Hall–Kier alpha value is -0.880. The van der Waals surface area contributed by atoms with Crippen LogP contribution in [0.2, 0.25) is 0 Å². The van der Waals surface area contributed by atoms with Gasteiger partial charge in [-0.3, -0.25) is 9.59 Å². The van der Waals surface area contributed by atoms with Crippen molar-refractivity contribution in [2.45, 2.75) is 19.8 Å². The van der Waals surface area contributed by atoms with Crippen LogP contribution in [0.1, 0.15) is 30.1 Å². The summed E-state index contributed by atoms with van der Waals surface area (Å²) in [6, 6.07) is 5.39. The van der Waals surface area contributed by atoms with Gasteiger partial charge in [-0.15, -0.1) is 0 Å². The van der Waals surface area contributed by atoms with Gasteiger partial charge in [-0.1, -0.05) is 15.9 Å². The van der Waals surface area contributed by atoms with Crippen molar-refractivity contribution >= 4 is 43.7 Å². The highest BCUT2D eigenvalue weighted by molar-refractivity contribution is 9.11. The van der Waals surface area contributed by atoms with E-state index in [-0.39, 0.29) is 11.9 Å². The van der Waals surface area contributed by atoms with Gasteiger partial charge in [-0.25, -0.2) is 0 Å². The number of amides is 1. The Bertz CT molecular complexity index is 463. The predicted molar refractivity (Wildman–Crippen MR) is 80.0 cm³/mol. The third kappa shape index (κ3) is 5.74. The number of halogens is 2. The number of benzene rings is 1. The van der Waals surface area contributed by atoms with Crippen LogP contribution in [0.5, 0.6) is 0 Å². The minimum Gasteiger partial charge on any atom is -0.466 e. The summed E-state index contributed by atoms with van der Waals surface area (Å²) < 4.78 is 6.38. The van der Waals surface area contributed by atoms with Crippen LogP contribution in [-0.2, 0) is 9.53 Å². The van der Waals surface area contributed by atoms with Crippen molar-refractivity contribution in [1.82, 2.24) is 5.32 Å². The SMILES string of the molecule is CCOC(=O)CCCNC(=O)c1cc(Br)ccc1Br. The van der Waals surface area contributed by atoms with Crippen LogP contribution in [-0.4, -0.2) is 25.0 Å². The quantitative estimate of drug-likeness (QED) is 0.597. The lowest BCUT2D eigenvalue weighted by molar-refractivity contribution is -0.143. The second-order valence-electron chi connectivity index (χ2n) is 3.79. The molecule has 0 fully saturated rings. The fourth-order valence-corrected chi connectivity index (χ4v) is 2.22. The van der Waals surface area contributed by atoms with Gasteiger partial charge in [0, 0.05) is 21.9 Å². The summed E-state index contributed by atoms with van der Waals surface area (Å²) in [6.07, 6.45) is 0.879. The predicted octanol–water partition coefficient (Wildman–Crippen LogP) is 3.28. The first kappa shape index (κ1) is 16.2. The van der Waals surface area contributed by atoms with Gasteiger partial charge in [0.05, 0.1) is 12.2 Å². The average Bonchev–Trinajstić information content (AvgIpc) is 2.37. The van der Waals surface area contributed by atoms with E-state index in [2.05, 4.69) is 37.2 Å². The summed E-state index contributed by atoms with van der Waals surface area (Å²) in [7, 11) is 0. The average molecular weight is 393 g/mol. The lowest BCUT2D eigenvalue weighted by atomic mass is 10.2. The van der Waals surface area contributed by atoms with Crippen LogP contribution in [0, 0.1) is 0 Å². The highest BCUT2D eigenvalue weighted by atomic mass is 79.9. The zero-order valence-electron chi connectivity index (χ0n) is 10.5. The van der Waals surface area contributed by atoms with Gasteiger partial charge in [0.15, 0.2) is 0 Å². The number of ether oxygens (including phenoxy) is 1. The molecule has 1 amide bonds. The Morgan fingerprint density at radius 1 is 1.32 bits per heavy atom. The van der Waals surface area contributed by atoms with Gasteiger partial charge in [0.2, 0.25) is 0 Å². The van der Waals surface area contributed by atoms with Crippen LogP contribution >= 0.6 is 31.9 Å². The van der Waals surface area contributed by atoms with Crippen LogP contribution < -0.4 is 5.32 Å². The van der Waals surface area contributed by atoms with Crippen LogP contribution in [0.3, 0.4) is 0 Å². The molecule has 0 saturated carbocycles. The molecule has 4 nitrogen and oxygen atoms in total. The van der Waals surface area contributed by atoms with E-state index in [1.54, 1.807) is 19.1 Å². The number of hydrogen-bond acceptors (Lipinski definition) is 3.